The molecule has 0 spiro atoms. The van der Waals surface area contributed by atoms with Crippen LogP contribution in [0.5, 0.6) is 0 Å². The zero-order valence-electron chi connectivity index (χ0n) is 14.5. The highest BCUT2D eigenvalue weighted by atomic mass is 32.2. The standard InChI is InChI=1S/C20H18N2O3S/c1-3-13-8-10-14(11-9-13)12-17-18(23)21-20(26-17)22(2)16-7-5-4-6-15(16)19(24)25/h4-12H,3H2,1-2H3,(H,24,25)/b17-12-. The number of nitrogens with zero attached hydrogens (tertiary/aromatic N) is 2. The van der Waals surface area contributed by atoms with Crippen LogP contribution in [0, 0.1) is 0 Å². The Labute approximate surface area is 156 Å². The number of anilines is 1. The summed E-state index contributed by atoms with van der Waals surface area (Å²) >= 11 is 1.24. The van der Waals surface area contributed by atoms with Crippen LogP contribution < -0.4 is 4.90 Å². The number of amides is 1. The third-order valence-electron chi connectivity index (χ3n) is 4.08. The fraction of sp³-hybridized carbons (Fsp3) is 0.150. The van der Waals surface area contributed by atoms with Crippen molar-refractivity contribution in [1.29, 1.82) is 0 Å². The van der Waals surface area contributed by atoms with Crippen molar-refractivity contribution in [2.75, 3.05) is 11.9 Å². The van der Waals surface area contributed by atoms with E-state index in [1.165, 1.54) is 23.4 Å². The molecule has 0 radical (unpaired) electrons. The van der Waals surface area contributed by atoms with Crippen molar-refractivity contribution in [1.82, 2.24) is 0 Å². The number of thioether (sulfide) groups is 1. The molecule has 1 heterocycles. The predicted octanol–water partition coefficient (Wildman–Crippen LogP) is 4.05. The fourth-order valence-corrected chi connectivity index (χ4v) is 3.48. The van der Waals surface area contributed by atoms with E-state index < -0.39 is 5.97 Å². The summed E-state index contributed by atoms with van der Waals surface area (Å²) in [6.07, 6.45) is 2.77. The van der Waals surface area contributed by atoms with E-state index in [0.717, 1.165) is 12.0 Å². The van der Waals surface area contributed by atoms with Crippen LogP contribution in [0.2, 0.25) is 0 Å². The number of aryl methyl sites for hydroxylation is 1. The van der Waals surface area contributed by atoms with Crippen LogP contribution in [0.1, 0.15) is 28.4 Å². The molecule has 132 valence electrons. The Morgan fingerprint density at radius 1 is 1.19 bits per heavy atom. The maximum absolute atomic E-state index is 12.2. The number of amidine groups is 1. The Hall–Kier alpha value is -2.86. The molecule has 0 bridgehead atoms. The maximum atomic E-state index is 12.2. The summed E-state index contributed by atoms with van der Waals surface area (Å²) in [5, 5.41) is 9.81. The molecule has 0 fully saturated rings. The number of rotatable bonds is 4. The van der Waals surface area contributed by atoms with E-state index in [2.05, 4.69) is 11.9 Å². The minimum atomic E-state index is -1.02. The molecule has 3 rings (SSSR count). The predicted molar refractivity (Wildman–Crippen MR) is 106 cm³/mol. The van der Waals surface area contributed by atoms with Crippen molar-refractivity contribution in [3.63, 3.8) is 0 Å². The first-order valence-electron chi connectivity index (χ1n) is 8.17. The lowest BCUT2D eigenvalue weighted by atomic mass is 10.1. The van der Waals surface area contributed by atoms with E-state index >= 15 is 0 Å². The van der Waals surface area contributed by atoms with Crippen LogP contribution in [0.15, 0.2) is 58.4 Å². The average molecular weight is 366 g/mol. The van der Waals surface area contributed by atoms with Crippen molar-refractivity contribution in [2.24, 2.45) is 4.99 Å². The molecule has 1 aliphatic rings. The molecule has 2 aromatic rings. The summed E-state index contributed by atoms with van der Waals surface area (Å²) in [6.45, 7) is 2.09. The van der Waals surface area contributed by atoms with E-state index in [4.69, 9.17) is 0 Å². The second-order valence-corrected chi connectivity index (χ2v) is 6.80. The third-order valence-corrected chi connectivity index (χ3v) is 5.14. The van der Waals surface area contributed by atoms with Gasteiger partial charge in [-0.1, -0.05) is 43.3 Å². The van der Waals surface area contributed by atoms with Crippen LogP contribution >= 0.6 is 11.8 Å². The number of aromatic carboxylic acids is 1. The van der Waals surface area contributed by atoms with Crippen molar-refractivity contribution in [3.8, 4) is 0 Å². The molecule has 5 nitrogen and oxygen atoms in total. The van der Waals surface area contributed by atoms with Gasteiger partial charge in [0.25, 0.3) is 5.91 Å². The van der Waals surface area contributed by atoms with Gasteiger partial charge in [-0.25, -0.2) is 4.79 Å². The average Bonchev–Trinajstić information content (AvgIpc) is 3.02. The molecule has 1 amide bonds. The lowest BCUT2D eigenvalue weighted by Crippen LogP contribution is -2.24. The molecule has 0 aromatic heterocycles. The van der Waals surface area contributed by atoms with Gasteiger partial charge in [0.2, 0.25) is 0 Å². The van der Waals surface area contributed by atoms with Crippen LogP contribution in [-0.2, 0) is 11.2 Å². The Morgan fingerprint density at radius 3 is 2.54 bits per heavy atom. The van der Waals surface area contributed by atoms with Gasteiger partial charge in [-0.15, -0.1) is 0 Å². The fourth-order valence-electron chi connectivity index (χ4n) is 2.59. The summed E-state index contributed by atoms with van der Waals surface area (Å²) in [5.74, 6) is -1.33. The van der Waals surface area contributed by atoms with Gasteiger partial charge in [0.05, 0.1) is 16.2 Å². The third kappa shape index (κ3) is 3.70. The number of aliphatic imine (C=N–C) groups is 1. The number of hydrogen-bond donors (Lipinski definition) is 1. The number of carbonyl (C=O) groups is 2. The van der Waals surface area contributed by atoms with Crippen molar-refractivity contribution >= 4 is 40.6 Å². The largest absolute Gasteiger partial charge is 0.478 e. The van der Waals surface area contributed by atoms with Crippen molar-refractivity contribution in [3.05, 3.63) is 70.1 Å². The summed E-state index contributed by atoms with van der Waals surface area (Å²) < 4.78 is 0. The van der Waals surface area contributed by atoms with Gasteiger partial charge < -0.3 is 10.0 Å². The minimum absolute atomic E-state index is 0.165. The first-order valence-corrected chi connectivity index (χ1v) is 8.98. The summed E-state index contributed by atoms with van der Waals surface area (Å²) in [7, 11) is 1.71. The van der Waals surface area contributed by atoms with E-state index in [1.807, 2.05) is 24.3 Å². The second-order valence-electron chi connectivity index (χ2n) is 5.79. The summed E-state index contributed by atoms with van der Waals surface area (Å²) in [4.78, 5) is 29.9. The van der Waals surface area contributed by atoms with Gasteiger partial charge in [-0.05, 0) is 47.5 Å². The molecule has 0 saturated heterocycles. The maximum Gasteiger partial charge on any atom is 0.337 e. The van der Waals surface area contributed by atoms with Crippen LogP contribution in [0.4, 0.5) is 5.69 Å². The smallest absolute Gasteiger partial charge is 0.337 e. The Kier molecular flexibility index (Phi) is 5.23. The zero-order valence-corrected chi connectivity index (χ0v) is 15.3. The van der Waals surface area contributed by atoms with Gasteiger partial charge in [0, 0.05) is 7.05 Å². The van der Waals surface area contributed by atoms with Crippen LogP contribution in [0.25, 0.3) is 6.08 Å². The lowest BCUT2D eigenvalue weighted by Gasteiger charge is -2.19. The molecule has 0 aliphatic carbocycles. The van der Waals surface area contributed by atoms with Crippen molar-refractivity contribution in [2.45, 2.75) is 13.3 Å². The molecular weight excluding hydrogens is 348 g/mol. The number of para-hydroxylation sites is 1. The molecule has 1 N–H and O–H groups in total. The summed E-state index contributed by atoms with van der Waals surface area (Å²) in [5.41, 5.74) is 2.83. The summed E-state index contributed by atoms with van der Waals surface area (Å²) in [6, 6.07) is 14.7. The Bertz CT molecular complexity index is 917. The zero-order chi connectivity index (χ0) is 18.7. The molecule has 1 aliphatic heterocycles. The monoisotopic (exact) mass is 366 g/mol. The highest BCUT2D eigenvalue weighted by molar-refractivity contribution is 8.18. The van der Waals surface area contributed by atoms with Crippen LogP contribution in [0.3, 0.4) is 0 Å². The van der Waals surface area contributed by atoms with E-state index in [1.54, 1.807) is 36.2 Å². The minimum Gasteiger partial charge on any atom is -0.478 e. The highest BCUT2D eigenvalue weighted by Gasteiger charge is 2.26. The van der Waals surface area contributed by atoms with E-state index in [0.29, 0.717) is 15.8 Å². The van der Waals surface area contributed by atoms with Gasteiger partial charge in [0.1, 0.15) is 0 Å². The van der Waals surface area contributed by atoms with Gasteiger partial charge in [0.15, 0.2) is 5.17 Å². The lowest BCUT2D eigenvalue weighted by molar-refractivity contribution is -0.113. The topological polar surface area (TPSA) is 70.0 Å². The second kappa shape index (κ2) is 7.58. The number of hydrogen-bond acceptors (Lipinski definition) is 4. The van der Waals surface area contributed by atoms with E-state index in [-0.39, 0.29) is 11.5 Å². The molecule has 0 atom stereocenters. The Balaban J connectivity index is 1.83. The highest BCUT2D eigenvalue weighted by Crippen LogP contribution is 2.32. The van der Waals surface area contributed by atoms with Gasteiger partial charge in [-0.2, -0.15) is 4.99 Å². The number of carboxylic acid groups (broad SMARTS) is 1. The first-order chi connectivity index (χ1) is 12.5. The molecule has 0 saturated carbocycles. The molecule has 2 aromatic carbocycles. The quantitative estimate of drug-likeness (QED) is 0.827. The number of benzene rings is 2. The normalized spacial score (nSPS) is 15.2. The SMILES string of the molecule is CCc1ccc(/C=C2\SC(N(C)c3ccccc3C(=O)O)=NC2=O)cc1. The van der Waals surface area contributed by atoms with Crippen LogP contribution in [-0.4, -0.2) is 29.2 Å². The molecule has 6 heteroatoms. The molecule has 0 unspecified atom stereocenters. The van der Waals surface area contributed by atoms with Crippen molar-refractivity contribution < 1.29 is 14.7 Å². The first kappa shape index (κ1) is 17.9. The van der Waals surface area contributed by atoms with Gasteiger partial charge >= 0.3 is 5.97 Å². The molecule has 26 heavy (non-hydrogen) atoms. The van der Waals surface area contributed by atoms with E-state index in [9.17, 15) is 14.7 Å². The Morgan fingerprint density at radius 2 is 1.88 bits per heavy atom. The van der Waals surface area contributed by atoms with Gasteiger partial charge in [-0.3, -0.25) is 4.79 Å². The number of carbonyl (C=O) groups excluding carboxylic acids is 1. The number of carboxylic acids is 1. The molecular formula is C20H18N2O3S.